The Labute approximate surface area is 228 Å². The van der Waals surface area contributed by atoms with E-state index in [2.05, 4.69) is 15.5 Å². The second-order valence-corrected chi connectivity index (χ2v) is 9.95. The molecule has 202 valence electrons. The van der Waals surface area contributed by atoms with E-state index in [-0.39, 0.29) is 24.4 Å². The van der Waals surface area contributed by atoms with E-state index in [4.69, 9.17) is 4.74 Å². The van der Waals surface area contributed by atoms with Gasteiger partial charge in [0.05, 0.1) is 13.8 Å². The van der Waals surface area contributed by atoms with Gasteiger partial charge in [-0.15, -0.1) is 0 Å². The Balaban J connectivity index is 1.30. The third-order valence-electron chi connectivity index (χ3n) is 7.53. The van der Waals surface area contributed by atoms with Crippen molar-refractivity contribution in [3.8, 4) is 5.75 Å². The van der Waals surface area contributed by atoms with Crippen LogP contribution in [0.25, 0.3) is 0 Å². The highest BCUT2D eigenvalue weighted by Crippen LogP contribution is 2.39. The molecule has 0 radical (unpaired) electrons. The van der Waals surface area contributed by atoms with Crippen LogP contribution < -0.4 is 20.3 Å². The molecule has 4 amide bonds. The second-order valence-electron chi connectivity index (χ2n) is 9.95. The number of nitrogens with one attached hydrogen (secondary N) is 2. The van der Waals surface area contributed by atoms with Crippen LogP contribution >= 0.6 is 0 Å². The topological polar surface area (TPSA) is 94.2 Å². The Hall–Kier alpha value is -4.53. The predicted molar refractivity (Wildman–Crippen MR) is 151 cm³/mol. The van der Waals surface area contributed by atoms with Crippen LogP contribution in [0.4, 0.5) is 21.9 Å². The van der Waals surface area contributed by atoms with Gasteiger partial charge in [0, 0.05) is 36.2 Å². The molecule has 1 spiro atoms. The van der Waals surface area contributed by atoms with Crippen molar-refractivity contribution >= 4 is 34.9 Å². The lowest BCUT2D eigenvalue weighted by molar-refractivity contribution is -0.136. The molecule has 3 aromatic carbocycles. The van der Waals surface area contributed by atoms with Crippen LogP contribution in [0.5, 0.6) is 5.75 Å². The second kappa shape index (κ2) is 11.1. The van der Waals surface area contributed by atoms with Gasteiger partial charge in [0.1, 0.15) is 17.8 Å². The first-order chi connectivity index (χ1) is 18.9. The Morgan fingerprint density at radius 2 is 1.64 bits per heavy atom. The van der Waals surface area contributed by atoms with Gasteiger partial charge < -0.3 is 30.1 Å². The van der Waals surface area contributed by atoms with Crippen molar-refractivity contribution < 1.29 is 19.1 Å². The smallest absolute Gasteiger partial charge is 0.321 e. The first-order valence-electron chi connectivity index (χ1n) is 13.1. The lowest BCUT2D eigenvalue weighted by Crippen LogP contribution is -2.58. The lowest BCUT2D eigenvalue weighted by atomic mass is 9.85. The molecule has 5 rings (SSSR count). The Kier molecular flexibility index (Phi) is 7.40. The minimum absolute atomic E-state index is 0.0708. The number of rotatable bonds is 6. The molecule has 0 bridgehead atoms. The largest absolute Gasteiger partial charge is 0.497 e. The summed E-state index contributed by atoms with van der Waals surface area (Å²) in [5.41, 5.74) is 2.46. The number of ether oxygens (including phenoxy) is 1. The number of methoxy groups -OCH3 is 1. The number of carbonyl (C=O) groups is 3. The van der Waals surface area contributed by atoms with Crippen molar-refractivity contribution in [2.24, 2.45) is 0 Å². The highest BCUT2D eigenvalue weighted by molar-refractivity contribution is 5.99. The monoisotopic (exact) mass is 527 g/mol. The molecule has 2 fully saturated rings. The number of para-hydroxylation sites is 2. The van der Waals surface area contributed by atoms with Gasteiger partial charge in [-0.05, 0) is 55.7 Å². The van der Waals surface area contributed by atoms with E-state index in [0.717, 1.165) is 16.9 Å². The van der Waals surface area contributed by atoms with Crippen LogP contribution in [0.1, 0.15) is 18.4 Å². The third kappa shape index (κ3) is 5.38. The third-order valence-corrected chi connectivity index (χ3v) is 7.53. The number of amides is 4. The van der Waals surface area contributed by atoms with Gasteiger partial charge in [-0.2, -0.15) is 0 Å². The molecule has 0 aromatic heterocycles. The molecule has 2 saturated heterocycles. The van der Waals surface area contributed by atoms with Crippen molar-refractivity contribution in [1.29, 1.82) is 0 Å². The van der Waals surface area contributed by atoms with Crippen molar-refractivity contribution in [2.45, 2.75) is 25.3 Å². The van der Waals surface area contributed by atoms with Crippen LogP contribution in [0.15, 0.2) is 78.9 Å². The molecule has 2 aliphatic rings. The summed E-state index contributed by atoms with van der Waals surface area (Å²) in [5.74, 6) is 0.264. The zero-order valence-corrected chi connectivity index (χ0v) is 22.2. The Morgan fingerprint density at radius 3 is 2.36 bits per heavy atom. The fourth-order valence-corrected chi connectivity index (χ4v) is 5.38. The van der Waals surface area contributed by atoms with Crippen molar-refractivity contribution in [3.05, 3.63) is 84.4 Å². The molecule has 0 saturated carbocycles. The van der Waals surface area contributed by atoms with E-state index in [9.17, 15) is 14.4 Å². The maximum absolute atomic E-state index is 13.9. The first kappa shape index (κ1) is 26.1. The van der Waals surface area contributed by atoms with Crippen molar-refractivity contribution in [2.75, 3.05) is 48.9 Å². The van der Waals surface area contributed by atoms with Gasteiger partial charge in [-0.3, -0.25) is 9.59 Å². The molecule has 0 aliphatic carbocycles. The Morgan fingerprint density at radius 1 is 0.923 bits per heavy atom. The summed E-state index contributed by atoms with van der Waals surface area (Å²) >= 11 is 0. The van der Waals surface area contributed by atoms with E-state index >= 15 is 0 Å². The molecule has 2 heterocycles. The number of aryl methyl sites for hydroxylation is 1. The molecule has 39 heavy (non-hydrogen) atoms. The van der Waals surface area contributed by atoms with E-state index in [1.165, 1.54) is 0 Å². The molecule has 3 aromatic rings. The first-order valence-corrected chi connectivity index (χ1v) is 13.1. The average Bonchev–Trinajstić information content (AvgIpc) is 3.21. The summed E-state index contributed by atoms with van der Waals surface area (Å²) < 4.78 is 5.23. The standard InChI is InChI=1S/C30H33N5O4/c1-22-9-6-7-14-26(22)32-29(38)33-17-15-30(16-18-33)28(37)34(21-35(30)24-11-4-3-5-12-24)20-27(36)31-23-10-8-13-25(19-23)39-2/h3-14,19H,15-18,20-21H2,1-2H3,(H,31,36)(H,32,38). The molecule has 2 aliphatic heterocycles. The summed E-state index contributed by atoms with van der Waals surface area (Å²) in [6.07, 6.45) is 0.936. The minimum atomic E-state index is -0.822. The summed E-state index contributed by atoms with van der Waals surface area (Å²) in [6.45, 7) is 3.03. The summed E-state index contributed by atoms with van der Waals surface area (Å²) in [5, 5.41) is 5.86. The zero-order valence-electron chi connectivity index (χ0n) is 22.2. The highest BCUT2D eigenvalue weighted by atomic mass is 16.5. The van der Waals surface area contributed by atoms with Crippen LogP contribution in [0.2, 0.25) is 0 Å². The number of hydrogen-bond acceptors (Lipinski definition) is 5. The molecular formula is C30H33N5O4. The number of hydrogen-bond donors (Lipinski definition) is 2. The number of anilines is 3. The Bertz CT molecular complexity index is 1350. The van der Waals surface area contributed by atoms with Gasteiger partial charge in [-0.1, -0.05) is 42.5 Å². The number of likely N-dealkylation sites (tertiary alicyclic amines) is 1. The van der Waals surface area contributed by atoms with Gasteiger partial charge in [0.2, 0.25) is 5.91 Å². The minimum Gasteiger partial charge on any atom is -0.497 e. The number of piperidine rings is 1. The van der Waals surface area contributed by atoms with Crippen LogP contribution in [-0.2, 0) is 9.59 Å². The van der Waals surface area contributed by atoms with Gasteiger partial charge >= 0.3 is 6.03 Å². The molecule has 9 nitrogen and oxygen atoms in total. The van der Waals surface area contributed by atoms with Gasteiger partial charge in [0.15, 0.2) is 0 Å². The van der Waals surface area contributed by atoms with Gasteiger partial charge in [0.25, 0.3) is 5.91 Å². The zero-order chi connectivity index (χ0) is 27.4. The summed E-state index contributed by atoms with van der Waals surface area (Å²) in [7, 11) is 1.57. The van der Waals surface area contributed by atoms with Crippen LogP contribution in [0, 0.1) is 6.92 Å². The predicted octanol–water partition coefficient (Wildman–Crippen LogP) is 4.32. The molecule has 0 atom stereocenters. The van der Waals surface area contributed by atoms with E-state index in [0.29, 0.717) is 44.0 Å². The van der Waals surface area contributed by atoms with Crippen molar-refractivity contribution in [3.63, 3.8) is 0 Å². The number of urea groups is 1. The number of benzene rings is 3. The fourth-order valence-electron chi connectivity index (χ4n) is 5.38. The highest BCUT2D eigenvalue weighted by Gasteiger charge is 2.54. The van der Waals surface area contributed by atoms with E-state index in [1.54, 1.807) is 41.2 Å². The number of carbonyl (C=O) groups excluding carboxylic acids is 3. The van der Waals surface area contributed by atoms with Crippen LogP contribution in [0.3, 0.4) is 0 Å². The lowest BCUT2D eigenvalue weighted by Gasteiger charge is -2.43. The fraction of sp³-hybridized carbons (Fsp3) is 0.300. The molecule has 2 N–H and O–H groups in total. The van der Waals surface area contributed by atoms with Gasteiger partial charge in [-0.25, -0.2) is 4.79 Å². The van der Waals surface area contributed by atoms with Crippen molar-refractivity contribution in [1.82, 2.24) is 9.80 Å². The maximum atomic E-state index is 13.9. The van der Waals surface area contributed by atoms with E-state index < -0.39 is 5.54 Å². The number of nitrogens with zero attached hydrogens (tertiary/aromatic N) is 3. The summed E-state index contributed by atoms with van der Waals surface area (Å²) in [4.78, 5) is 45.4. The normalized spacial score (nSPS) is 16.4. The van der Waals surface area contributed by atoms with E-state index in [1.807, 2.05) is 61.5 Å². The SMILES string of the molecule is COc1cccc(NC(=O)CN2CN(c3ccccc3)C3(CCN(C(=O)Nc4ccccc4C)CC3)C2=O)c1. The summed E-state index contributed by atoms with van der Waals surface area (Å²) in [6, 6.07) is 24.4. The average molecular weight is 528 g/mol. The van der Waals surface area contributed by atoms with Crippen LogP contribution in [-0.4, -0.2) is 66.6 Å². The molecule has 0 unspecified atom stereocenters. The quantitative estimate of drug-likeness (QED) is 0.498. The molecule has 9 heteroatoms. The molecular weight excluding hydrogens is 494 g/mol. The maximum Gasteiger partial charge on any atom is 0.321 e.